The van der Waals surface area contributed by atoms with Crippen molar-refractivity contribution in [3.63, 3.8) is 0 Å². The molecule has 24 heavy (non-hydrogen) atoms. The maximum Gasteiger partial charge on any atom is 0.228 e. The summed E-state index contributed by atoms with van der Waals surface area (Å²) in [5, 5.41) is 4.22. The van der Waals surface area contributed by atoms with E-state index in [1.54, 1.807) is 48.5 Å². The number of sulfonamides is 1. The van der Waals surface area contributed by atoms with Gasteiger partial charge in [0.05, 0.1) is 0 Å². The van der Waals surface area contributed by atoms with E-state index in [2.05, 4.69) is 0 Å². The highest BCUT2D eigenvalue weighted by atomic mass is 32.2. The normalized spacial score (nSPS) is 18.0. The summed E-state index contributed by atoms with van der Waals surface area (Å²) >= 11 is 0. The summed E-state index contributed by atoms with van der Waals surface area (Å²) in [4.78, 5) is 26.0. The highest BCUT2D eigenvalue weighted by molar-refractivity contribution is 7.89. The first-order chi connectivity index (χ1) is 11.4. The molecule has 1 atom stereocenters. The molecule has 1 heterocycles. The Morgan fingerprint density at radius 3 is 2.33 bits per heavy atom. The zero-order chi connectivity index (χ0) is 17.3. The Hall–Kier alpha value is -2.51. The maximum absolute atomic E-state index is 12.5. The fraction of sp³-hybridized carbons (Fsp3) is 0.176. The largest absolute Gasteiger partial charge is 0.311 e. The molecule has 0 spiro atoms. The number of rotatable bonds is 4. The number of nitrogens with two attached hydrogens (primary N) is 1. The predicted molar refractivity (Wildman–Crippen MR) is 90.2 cm³/mol. The molecule has 0 aliphatic carbocycles. The molecule has 1 saturated heterocycles. The first kappa shape index (κ1) is 16.4. The van der Waals surface area contributed by atoms with Crippen molar-refractivity contribution < 1.29 is 18.0 Å². The third-order valence-corrected chi connectivity index (χ3v) is 5.26. The van der Waals surface area contributed by atoms with Crippen LogP contribution >= 0.6 is 0 Å². The van der Waals surface area contributed by atoms with Crippen molar-refractivity contribution in [2.75, 3.05) is 11.4 Å². The van der Waals surface area contributed by atoms with E-state index in [9.17, 15) is 18.0 Å². The second-order valence-corrected chi connectivity index (χ2v) is 7.51. The molecule has 1 unspecified atom stereocenters. The van der Waals surface area contributed by atoms with Crippen molar-refractivity contribution in [2.45, 2.75) is 11.7 Å². The van der Waals surface area contributed by atoms with E-state index >= 15 is 0 Å². The zero-order valence-electron chi connectivity index (χ0n) is 12.8. The van der Waals surface area contributed by atoms with Crippen LogP contribution in [0.2, 0.25) is 0 Å². The van der Waals surface area contributed by atoms with Gasteiger partial charge in [-0.3, -0.25) is 9.59 Å². The molecule has 124 valence electrons. The fourth-order valence-corrected chi connectivity index (χ4v) is 3.45. The average molecular weight is 344 g/mol. The predicted octanol–water partition coefficient (Wildman–Crippen LogP) is 1.31. The molecule has 3 rings (SSSR count). The van der Waals surface area contributed by atoms with Crippen LogP contribution in [0.3, 0.4) is 0 Å². The lowest BCUT2D eigenvalue weighted by atomic mass is 10.0. The summed E-state index contributed by atoms with van der Waals surface area (Å²) in [5.41, 5.74) is 1.48. The molecule has 2 aromatic rings. The number of primary sulfonamides is 1. The van der Waals surface area contributed by atoms with Gasteiger partial charge in [-0.1, -0.05) is 42.5 Å². The number of nitrogens with zero attached hydrogens (tertiary/aromatic N) is 1. The van der Waals surface area contributed by atoms with Gasteiger partial charge in [-0.25, -0.2) is 13.6 Å². The molecule has 1 fully saturated rings. The van der Waals surface area contributed by atoms with E-state index in [1.165, 1.54) is 4.90 Å². The van der Waals surface area contributed by atoms with Crippen molar-refractivity contribution in [1.29, 1.82) is 0 Å². The number of carbonyl (C=O) groups is 2. The number of amides is 1. The molecule has 1 aliphatic heterocycles. The lowest BCUT2D eigenvalue weighted by Gasteiger charge is -2.17. The molecular weight excluding hydrogens is 328 g/mol. The van der Waals surface area contributed by atoms with Crippen LogP contribution in [0, 0.1) is 0 Å². The summed E-state index contributed by atoms with van der Waals surface area (Å²) in [5.74, 6) is -0.481. The van der Waals surface area contributed by atoms with Gasteiger partial charge < -0.3 is 4.90 Å². The van der Waals surface area contributed by atoms with Crippen molar-refractivity contribution in [1.82, 2.24) is 0 Å². The molecular formula is C17H16N2O4S. The topological polar surface area (TPSA) is 97.5 Å². The number of carbonyl (C=O) groups excluding carboxylic acids is 2. The van der Waals surface area contributed by atoms with Gasteiger partial charge in [0.25, 0.3) is 0 Å². The molecule has 0 radical (unpaired) electrons. The van der Waals surface area contributed by atoms with Crippen molar-refractivity contribution in [3.8, 4) is 0 Å². The SMILES string of the molecule is NS(=O)(=O)C1CC(=O)N(c2cccc(C(=O)c3ccccc3)c2)C1. The van der Waals surface area contributed by atoms with Crippen molar-refractivity contribution in [3.05, 3.63) is 65.7 Å². The Labute approximate surface area is 139 Å². The molecule has 6 nitrogen and oxygen atoms in total. The van der Waals surface area contributed by atoms with Gasteiger partial charge in [-0.05, 0) is 12.1 Å². The molecule has 1 amide bonds. The van der Waals surface area contributed by atoms with E-state index in [0.29, 0.717) is 16.8 Å². The van der Waals surface area contributed by atoms with Crippen molar-refractivity contribution >= 4 is 27.4 Å². The van der Waals surface area contributed by atoms with Crippen LogP contribution in [-0.4, -0.2) is 31.9 Å². The van der Waals surface area contributed by atoms with Crippen LogP contribution in [-0.2, 0) is 14.8 Å². The lowest BCUT2D eigenvalue weighted by molar-refractivity contribution is -0.117. The van der Waals surface area contributed by atoms with Gasteiger partial charge in [-0.2, -0.15) is 0 Å². The summed E-state index contributed by atoms with van der Waals surface area (Å²) in [6, 6.07) is 15.4. The van der Waals surface area contributed by atoms with E-state index in [1.807, 2.05) is 6.07 Å². The molecule has 0 aromatic heterocycles. The summed E-state index contributed by atoms with van der Waals surface area (Å²) in [6.07, 6.45) is -0.143. The van der Waals surface area contributed by atoms with Crippen LogP contribution in [0.5, 0.6) is 0 Å². The molecule has 1 aliphatic rings. The standard InChI is InChI=1S/C17H16N2O4S/c18-24(22,23)15-10-16(20)19(11-15)14-8-4-7-13(9-14)17(21)12-5-2-1-3-6-12/h1-9,15H,10-11H2,(H2,18,22,23). The number of ketones is 1. The van der Waals surface area contributed by atoms with Gasteiger partial charge in [-0.15, -0.1) is 0 Å². The van der Waals surface area contributed by atoms with E-state index in [0.717, 1.165) is 0 Å². The summed E-state index contributed by atoms with van der Waals surface area (Å²) in [6.45, 7) is 0.000642. The number of hydrogen-bond acceptors (Lipinski definition) is 4. The monoisotopic (exact) mass is 344 g/mol. The van der Waals surface area contributed by atoms with Gasteiger partial charge in [0.2, 0.25) is 15.9 Å². The molecule has 0 saturated carbocycles. The Bertz CT molecular complexity index is 894. The first-order valence-corrected chi connectivity index (χ1v) is 8.99. The minimum Gasteiger partial charge on any atom is -0.311 e. The van der Waals surface area contributed by atoms with Crippen LogP contribution in [0.25, 0.3) is 0 Å². The molecule has 0 bridgehead atoms. The van der Waals surface area contributed by atoms with E-state index in [-0.39, 0.29) is 24.7 Å². The highest BCUT2D eigenvalue weighted by Gasteiger charge is 2.37. The van der Waals surface area contributed by atoms with Gasteiger partial charge >= 0.3 is 0 Å². The third kappa shape index (κ3) is 3.22. The van der Waals surface area contributed by atoms with Gasteiger partial charge in [0.1, 0.15) is 5.25 Å². The zero-order valence-corrected chi connectivity index (χ0v) is 13.6. The average Bonchev–Trinajstić information content (AvgIpc) is 2.97. The summed E-state index contributed by atoms with van der Waals surface area (Å²) < 4.78 is 22.9. The minimum absolute atomic E-state index is 0.000642. The second-order valence-electron chi connectivity index (χ2n) is 5.66. The Morgan fingerprint density at radius 2 is 1.71 bits per heavy atom. The van der Waals surface area contributed by atoms with Crippen LogP contribution in [0.4, 0.5) is 5.69 Å². The lowest BCUT2D eigenvalue weighted by Crippen LogP contribution is -2.32. The van der Waals surface area contributed by atoms with E-state index in [4.69, 9.17) is 5.14 Å². The number of anilines is 1. The van der Waals surface area contributed by atoms with Crippen LogP contribution in [0.15, 0.2) is 54.6 Å². The number of benzene rings is 2. The Morgan fingerprint density at radius 1 is 1.04 bits per heavy atom. The molecule has 2 N–H and O–H groups in total. The van der Waals surface area contributed by atoms with Gasteiger partial charge in [0.15, 0.2) is 5.78 Å². The maximum atomic E-state index is 12.5. The highest BCUT2D eigenvalue weighted by Crippen LogP contribution is 2.25. The Balaban J connectivity index is 1.89. The fourth-order valence-electron chi connectivity index (χ4n) is 2.72. The van der Waals surface area contributed by atoms with Crippen LogP contribution in [0.1, 0.15) is 22.3 Å². The van der Waals surface area contributed by atoms with Crippen LogP contribution < -0.4 is 10.0 Å². The van der Waals surface area contributed by atoms with Gasteiger partial charge in [0, 0.05) is 29.8 Å². The van der Waals surface area contributed by atoms with E-state index < -0.39 is 15.3 Å². The smallest absolute Gasteiger partial charge is 0.228 e. The molecule has 7 heteroatoms. The molecule has 2 aromatic carbocycles. The minimum atomic E-state index is -3.78. The quantitative estimate of drug-likeness (QED) is 0.846. The first-order valence-electron chi connectivity index (χ1n) is 7.38. The second kappa shape index (κ2) is 6.18. The Kier molecular flexibility index (Phi) is 4.21. The third-order valence-electron chi connectivity index (χ3n) is 4.01. The van der Waals surface area contributed by atoms with Crippen molar-refractivity contribution in [2.24, 2.45) is 5.14 Å². The number of hydrogen-bond donors (Lipinski definition) is 1. The summed E-state index contributed by atoms with van der Waals surface area (Å²) in [7, 11) is -3.78.